The van der Waals surface area contributed by atoms with E-state index >= 15 is 0 Å². The van der Waals surface area contributed by atoms with Gasteiger partial charge in [-0.3, -0.25) is 4.79 Å². The predicted octanol–water partition coefficient (Wildman–Crippen LogP) is 1.32. The van der Waals surface area contributed by atoms with Crippen LogP contribution in [0.4, 0.5) is 0 Å². The van der Waals surface area contributed by atoms with Gasteiger partial charge in [0.25, 0.3) is 5.91 Å². The fraction of sp³-hybridized carbons (Fsp3) is 0.231. The number of hydrogen-bond acceptors (Lipinski definition) is 3. The van der Waals surface area contributed by atoms with Gasteiger partial charge in [0.2, 0.25) is 0 Å². The first-order valence-electron chi connectivity index (χ1n) is 5.67. The molecule has 0 aliphatic carbocycles. The normalized spacial score (nSPS) is 10.1. The molecule has 0 bridgehead atoms. The van der Waals surface area contributed by atoms with Gasteiger partial charge >= 0.3 is 0 Å². The second-order valence-corrected chi connectivity index (χ2v) is 3.79. The zero-order chi connectivity index (χ0) is 12.8. The molecule has 0 radical (unpaired) electrons. The smallest absolute Gasteiger partial charge is 0.251 e. The van der Waals surface area contributed by atoms with E-state index in [1.165, 1.54) is 0 Å². The summed E-state index contributed by atoms with van der Waals surface area (Å²) in [5, 5.41) is 2.85. The summed E-state index contributed by atoms with van der Waals surface area (Å²) in [6.07, 6.45) is 5.29. The molecule has 1 amide bonds. The van der Waals surface area contributed by atoms with Crippen LogP contribution in [0.5, 0.6) is 5.75 Å². The van der Waals surface area contributed by atoms with Gasteiger partial charge in [-0.2, -0.15) is 0 Å². The van der Waals surface area contributed by atoms with Gasteiger partial charge < -0.3 is 14.6 Å². The van der Waals surface area contributed by atoms with Crippen molar-refractivity contribution >= 4 is 5.91 Å². The first kappa shape index (κ1) is 12.2. The highest BCUT2D eigenvalue weighted by Gasteiger charge is 2.05. The molecule has 0 saturated heterocycles. The SMILES string of the molecule is COc1cccc(C(=O)NCCn2ccnc2)c1. The van der Waals surface area contributed by atoms with E-state index < -0.39 is 0 Å². The summed E-state index contributed by atoms with van der Waals surface area (Å²) in [5.41, 5.74) is 0.597. The molecule has 1 N–H and O–H groups in total. The molecule has 0 saturated carbocycles. The number of methoxy groups -OCH3 is 1. The average Bonchev–Trinajstić information content (AvgIpc) is 2.92. The van der Waals surface area contributed by atoms with Gasteiger partial charge in [-0.15, -0.1) is 0 Å². The van der Waals surface area contributed by atoms with Crippen LogP contribution >= 0.6 is 0 Å². The first-order valence-corrected chi connectivity index (χ1v) is 5.67. The number of benzene rings is 1. The quantitative estimate of drug-likeness (QED) is 0.864. The Morgan fingerprint density at radius 2 is 2.39 bits per heavy atom. The Labute approximate surface area is 105 Å². The average molecular weight is 245 g/mol. The summed E-state index contributed by atoms with van der Waals surface area (Å²) in [6.45, 7) is 1.27. The molecule has 0 spiro atoms. The summed E-state index contributed by atoms with van der Waals surface area (Å²) in [6, 6.07) is 7.08. The van der Waals surface area contributed by atoms with E-state index in [-0.39, 0.29) is 5.91 Å². The number of rotatable bonds is 5. The van der Waals surface area contributed by atoms with Crippen LogP contribution in [0.15, 0.2) is 43.0 Å². The highest BCUT2D eigenvalue weighted by atomic mass is 16.5. The van der Waals surface area contributed by atoms with Gasteiger partial charge in [-0.1, -0.05) is 6.07 Å². The largest absolute Gasteiger partial charge is 0.497 e. The fourth-order valence-corrected chi connectivity index (χ4v) is 1.58. The molecule has 1 heterocycles. The van der Waals surface area contributed by atoms with Crippen LogP contribution in [0, 0.1) is 0 Å². The summed E-state index contributed by atoms with van der Waals surface area (Å²) in [7, 11) is 1.58. The Hall–Kier alpha value is -2.30. The van der Waals surface area contributed by atoms with Gasteiger partial charge in [0.15, 0.2) is 0 Å². The Morgan fingerprint density at radius 3 is 3.11 bits per heavy atom. The lowest BCUT2D eigenvalue weighted by molar-refractivity contribution is 0.0952. The first-order chi connectivity index (χ1) is 8.79. The summed E-state index contributed by atoms with van der Waals surface area (Å²) in [5.74, 6) is 0.575. The topological polar surface area (TPSA) is 56.1 Å². The molecule has 0 fully saturated rings. The maximum absolute atomic E-state index is 11.8. The van der Waals surface area contributed by atoms with Gasteiger partial charge in [-0.05, 0) is 18.2 Å². The number of aromatic nitrogens is 2. The third kappa shape index (κ3) is 3.10. The van der Waals surface area contributed by atoms with Crippen molar-refractivity contribution in [1.82, 2.24) is 14.9 Å². The van der Waals surface area contributed by atoms with Crippen LogP contribution in [0.25, 0.3) is 0 Å². The van der Waals surface area contributed by atoms with Gasteiger partial charge in [-0.25, -0.2) is 4.98 Å². The number of hydrogen-bond donors (Lipinski definition) is 1. The van der Waals surface area contributed by atoms with E-state index in [2.05, 4.69) is 10.3 Å². The molecule has 0 aliphatic rings. The van der Waals surface area contributed by atoms with Crippen molar-refractivity contribution in [2.24, 2.45) is 0 Å². The van der Waals surface area contributed by atoms with Crippen molar-refractivity contribution < 1.29 is 9.53 Å². The van der Waals surface area contributed by atoms with Crippen molar-refractivity contribution in [1.29, 1.82) is 0 Å². The van der Waals surface area contributed by atoms with Crippen LogP contribution in [-0.4, -0.2) is 29.1 Å². The van der Waals surface area contributed by atoms with Crippen molar-refractivity contribution in [3.8, 4) is 5.75 Å². The van der Waals surface area contributed by atoms with E-state index in [0.29, 0.717) is 24.4 Å². The third-order valence-corrected chi connectivity index (χ3v) is 2.55. The highest BCUT2D eigenvalue weighted by molar-refractivity contribution is 5.94. The minimum atomic E-state index is -0.103. The molecule has 94 valence electrons. The van der Waals surface area contributed by atoms with Crippen molar-refractivity contribution in [2.45, 2.75) is 6.54 Å². The minimum Gasteiger partial charge on any atom is -0.497 e. The van der Waals surface area contributed by atoms with Crippen molar-refractivity contribution in [2.75, 3.05) is 13.7 Å². The fourth-order valence-electron chi connectivity index (χ4n) is 1.58. The lowest BCUT2D eigenvalue weighted by Gasteiger charge is -2.07. The zero-order valence-corrected chi connectivity index (χ0v) is 10.2. The van der Waals surface area contributed by atoms with Crippen molar-refractivity contribution in [3.63, 3.8) is 0 Å². The second kappa shape index (κ2) is 5.86. The predicted molar refractivity (Wildman–Crippen MR) is 67.6 cm³/mol. The Balaban J connectivity index is 1.87. The molecule has 0 atom stereocenters. The molecule has 2 aromatic rings. The molecule has 2 rings (SSSR count). The van der Waals surface area contributed by atoms with Crippen LogP contribution in [0.2, 0.25) is 0 Å². The summed E-state index contributed by atoms with van der Waals surface area (Å²) in [4.78, 5) is 15.8. The molecule has 5 heteroatoms. The number of nitrogens with zero attached hydrogens (tertiary/aromatic N) is 2. The number of carbonyl (C=O) groups is 1. The summed E-state index contributed by atoms with van der Waals surface area (Å²) < 4.78 is 6.98. The van der Waals surface area contributed by atoms with Gasteiger partial charge in [0.05, 0.1) is 13.4 Å². The number of carbonyl (C=O) groups excluding carboxylic acids is 1. The zero-order valence-electron chi connectivity index (χ0n) is 10.2. The Bertz CT molecular complexity index is 509. The highest BCUT2D eigenvalue weighted by Crippen LogP contribution is 2.12. The number of amides is 1. The van der Waals surface area contributed by atoms with E-state index in [4.69, 9.17) is 4.74 Å². The minimum absolute atomic E-state index is 0.103. The third-order valence-electron chi connectivity index (χ3n) is 2.55. The Morgan fingerprint density at radius 1 is 1.50 bits per heavy atom. The van der Waals surface area contributed by atoms with E-state index in [1.54, 1.807) is 37.8 Å². The molecule has 0 unspecified atom stereocenters. The second-order valence-electron chi connectivity index (χ2n) is 3.79. The molecule has 5 nitrogen and oxygen atoms in total. The number of nitrogens with one attached hydrogen (secondary N) is 1. The lowest BCUT2D eigenvalue weighted by atomic mass is 10.2. The Kier molecular flexibility index (Phi) is 3.96. The van der Waals surface area contributed by atoms with Gasteiger partial charge in [0, 0.05) is 31.0 Å². The standard InChI is InChI=1S/C13H15N3O2/c1-18-12-4-2-3-11(9-12)13(17)15-6-8-16-7-5-14-10-16/h2-5,7,9-10H,6,8H2,1H3,(H,15,17). The van der Waals surface area contributed by atoms with E-state index in [9.17, 15) is 4.79 Å². The van der Waals surface area contributed by atoms with Crippen molar-refractivity contribution in [3.05, 3.63) is 48.5 Å². The van der Waals surface area contributed by atoms with Crippen LogP contribution in [0.3, 0.4) is 0 Å². The maximum Gasteiger partial charge on any atom is 0.251 e. The molecule has 1 aromatic carbocycles. The molecule has 0 aliphatic heterocycles. The monoisotopic (exact) mass is 245 g/mol. The lowest BCUT2D eigenvalue weighted by Crippen LogP contribution is -2.26. The molecule has 1 aromatic heterocycles. The molecule has 18 heavy (non-hydrogen) atoms. The van der Waals surface area contributed by atoms with E-state index in [1.807, 2.05) is 16.8 Å². The summed E-state index contributed by atoms with van der Waals surface area (Å²) >= 11 is 0. The van der Waals surface area contributed by atoms with Crippen LogP contribution < -0.4 is 10.1 Å². The van der Waals surface area contributed by atoms with Gasteiger partial charge in [0.1, 0.15) is 5.75 Å². The molecular formula is C13H15N3O2. The van der Waals surface area contributed by atoms with Crippen LogP contribution in [0.1, 0.15) is 10.4 Å². The number of imidazole rings is 1. The maximum atomic E-state index is 11.8. The number of ether oxygens (including phenoxy) is 1. The van der Waals surface area contributed by atoms with E-state index in [0.717, 1.165) is 0 Å². The molecular weight excluding hydrogens is 230 g/mol. The van der Waals surface area contributed by atoms with Crippen LogP contribution in [-0.2, 0) is 6.54 Å².